The first kappa shape index (κ1) is 10.7. The zero-order valence-electron chi connectivity index (χ0n) is 9.06. The van der Waals surface area contributed by atoms with Crippen LogP contribution in [0.15, 0.2) is 24.5 Å². The summed E-state index contributed by atoms with van der Waals surface area (Å²) < 4.78 is 0. The Morgan fingerprint density at radius 2 is 1.93 bits per heavy atom. The van der Waals surface area contributed by atoms with E-state index in [-0.39, 0.29) is 0 Å². The third kappa shape index (κ3) is 2.63. The van der Waals surface area contributed by atoms with Gasteiger partial charge in [-0.2, -0.15) is 0 Å². The number of piperidine rings is 1. The van der Waals surface area contributed by atoms with Crippen LogP contribution in [0.1, 0.15) is 19.8 Å². The highest BCUT2D eigenvalue weighted by Crippen LogP contribution is 2.26. The Morgan fingerprint density at radius 3 is 2.47 bits per heavy atom. The van der Waals surface area contributed by atoms with Crippen LogP contribution < -0.4 is 4.90 Å². The Labute approximate surface area is 96.3 Å². The van der Waals surface area contributed by atoms with Gasteiger partial charge in [0.05, 0.1) is 0 Å². The number of pyridine rings is 1. The molecular weight excluding hydrogens is 208 g/mol. The van der Waals surface area contributed by atoms with Gasteiger partial charge in [-0.15, -0.1) is 11.6 Å². The molecule has 2 nitrogen and oxygen atoms in total. The monoisotopic (exact) mass is 224 g/mol. The van der Waals surface area contributed by atoms with Crippen molar-refractivity contribution in [3.63, 3.8) is 0 Å². The molecule has 1 aromatic heterocycles. The van der Waals surface area contributed by atoms with E-state index in [1.165, 1.54) is 18.5 Å². The maximum Gasteiger partial charge on any atom is 0.0397 e. The van der Waals surface area contributed by atoms with Gasteiger partial charge in [0.25, 0.3) is 0 Å². The maximum atomic E-state index is 6.12. The Morgan fingerprint density at radius 1 is 1.33 bits per heavy atom. The highest BCUT2D eigenvalue weighted by atomic mass is 35.5. The summed E-state index contributed by atoms with van der Waals surface area (Å²) in [5.74, 6) is 0.685. The molecule has 0 saturated carbocycles. The van der Waals surface area contributed by atoms with E-state index in [9.17, 15) is 0 Å². The molecule has 0 spiro atoms. The molecule has 1 aliphatic heterocycles. The summed E-state index contributed by atoms with van der Waals surface area (Å²) in [6.07, 6.45) is 6.11. The third-order valence-corrected chi connectivity index (χ3v) is 3.57. The summed E-state index contributed by atoms with van der Waals surface area (Å²) in [4.78, 5) is 6.45. The van der Waals surface area contributed by atoms with Crippen LogP contribution in [0.5, 0.6) is 0 Å². The van der Waals surface area contributed by atoms with Crippen molar-refractivity contribution in [1.29, 1.82) is 0 Å². The second-order valence-corrected chi connectivity index (χ2v) is 4.90. The van der Waals surface area contributed by atoms with Crippen LogP contribution in [0.25, 0.3) is 0 Å². The van der Waals surface area contributed by atoms with E-state index in [0.717, 1.165) is 13.1 Å². The second-order valence-electron chi connectivity index (χ2n) is 4.21. The summed E-state index contributed by atoms with van der Waals surface area (Å²) in [6.45, 7) is 4.34. The second kappa shape index (κ2) is 4.84. The molecule has 1 aromatic rings. The van der Waals surface area contributed by atoms with Crippen LogP contribution in [0.2, 0.25) is 0 Å². The van der Waals surface area contributed by atoms with Gasteiger partial charge in [-0.05, 0) is 37.8 Å². The van der Waals surface area contributed by atoms with E-state index in [1.807, 2.05) is 12.4 Å². The number of alkyl halides is 1. The highest BCUT2D eigenvalue weighted by molar-refractivity contribution is 6.20. The van der Waals surface area contributed by atoms with Gasteiger partial charge in [-0.25, -0.2) is 0 Å². The first-order valence-corrected chi connectivity index (χ1v) is 6.00. The first-order valence-electron chi connectivity index (χ1n) is 5.56. The van der Waals surface area contributed by atoms with E-state index >= 15 is 0 Å². The Balaban J connectivity index is 1.94. The van der Waals surface area contributed by atoms with E-state index in [2.05, 4.69) is 28.9 Å². The highest BCUT2D eigenvalue weighted by Gasteiger charge is 2.22. The van der Waals surface area contributed by atoms with Gasteiger partial charge in [0.2, 0.25) is 0 Å². The summed E-state index contributed by atoms with van der Waals surface area (Å²) in [6, 6.07) is 4.15. The number of nitrogens with zero attached hydrogens (tertiary/aromatic N) is 2. The summed E-state index contributed by atoms with van der Waals surface area (Å²) in [5, 5.41) is 0.310. The number of aromatic nitrogens is 1. The molecule has 3 heteroatoms. The normalized spacial score (nSPS) is 20.3. The lowest BCUT2D eigenvalue weighted by Crippen LogP contribution is -2.35. The molecule has 15 heavy (non-hydrogen) atoms. The molecule has 0 radical (unpaired) electrons. The first-order chi connectivity index (χ1) is 7.27. The Hall–Kier alpha value is -0.760. The largest absolute Gasteiger partial charge is 0.371 e. The summed E-state index contributed by atoms with van der Waals surface area (Å²) >= 11 is 6.12. The summed E-state index contributed by atoms with van der Waals surface area (Å²) in [7, 11) is 0. The topological polar surface area (TPSA) is 16.1 Å². The molecule has 82 valence electrons. The Kier molecular flexibility index (Phi) is 3.47. The number of hydrogen-bond donors (Lipinski definition) is 0. The molecular formula is C12H17ClN2. The van der Waals surface area contributed by atoms with E-state index in [4.69, 9.17) is 11.6 Å². The van der Waals surface area contributed by atoms with Gasteiger partial charge in [0.1, 0.15) is 0 Å². The van der Waals surface area contributed by atoms with Crippen molar-refractivity contribution in [3.05, 3.63) is 24.5 Å². The van der Waals surface area contributed by atoms with Gasteiger partial charge < -0.3 is 4.90 Å². The van der Waals surface area contributed by atoms with Crippen molar-refractivity contribution in [2.45, 2.75) is 25.1 Å². The zero-order chi connectivity index (χ0) is 10.7. The van der Waals surface area contributed by atoms with Crippen molar-refractivity contribution in [1.82, 2.24) is 4.98 Å². The zero-order valence-corrected chi connectivity index (χ0v) is 9.82. The van der Waals surface area contributed by atoms with Crippen molar-refractivity contribution in [2.24, 2.45) is 5.92 Å². The van der Waals surface area contributed by atoms with E-state index in [1.54, 1.807) is 0 Å². The van der Waals surface area contributed by atoms with Gasteiger partial charge in [0, 0.05) is 36.5 Å². The third-order valence-electron chi connectivity index (χ3n) is 3.22. The molecule has 0 bridgehead atoms. The predicted octanol–water partition coefficient (Wildman–Crippen LogP) is 2.93. The number of hydrogen-bond acceptors (Lipinski definition) is 2. The standard InChI is InChI=1S/C12H17ClN2/c1-10(13)11-4-8-15(9-5-11)12-2-6-14-7-3-12/h2-3,6-7,10-11H,4-5,8-9H2,1H3. The molecule has 2 heterocycles. The average molecular weight is 225 g/mol. The van der Waals surface area contributed by atoms with Gasteiger partial charge in [-0.3, -0.25) is 4.98 Å². The average Bonchev–Trinajstić information content (AvgIpc) is 2.30. The smallest absolute Gasteiger partial charge is 0.0397 e. The van der Waals surface area contributed by atoms with Gasteiger partial charge in [-0.1, -0.05) is 0 Å². The number of anilines is 1. The number of rotatable bonds is 2. The molecule has 1 unspecified atom stereocenters. The van der Waals surface area contributed by atoms with Gasteiger partial charge >= 0.3 is 0 Å². The van der Waals surface area contributed by atoms with Crippen molar-refractivity contribution < 1.29 is 0 Å². The minimum atomic E-state index is 0.310. The minimum absolute atomic E-state index is 0.310. The lowest BCUT2D eigenvalue weighted by Gasteiger charge is -2.34. The molecule has 0 N–H and O–H groups in total. The van der Waals surface area contributed by atoms with E-state index in [0.29, 0.717) is 11.3 Å². The van der Waals surface area contributed by atoms with Crippen molar-refractivity contribution in [2.75, 3.05) is 18.0 Å². The maximum absolute atomic E-state index is 6.12. The molecule has 0 aromatic carbocycles. The fourth-order valence-corrected chi connectivity index (χ4v) is 2.42. The fraction of sp³-hybridized carbons (Fsp3) is 0.583. The quantitative estimate of drug-likeness (QED) is 0.719. The minimum Gasteiger partial charge on any atom is -0.371 e. The molecule has 2 rings (SSSR count). The van der Waals surface area contributed by atoms with Crippen LogP contribution in [-0.4, -0.2) is 23.5 Å². The number of halogens is 1. The Bertz CT molecular complexity index is 292. The molecule has 0 amide bonds. The molecule has 1 fully saturated rings. The van der Waals surface area contributed by atoms with Crippen LogP contribution in [0, 0.1) is 5.92 Å². The molecule has 1 aliphatic rings. The van der Waals surface area contributed by atoms with Crippen LogP contribution >= 0.6 is 11.6 Å². The summed E-state index contributed by atoms with van der Waals surface area (Å²) in [5.41, 5.74) is 1.28. The molecule has 1 atom stereocenters. The lowest BCUT2D eigenvalue weighted by molar-refractivity contribution is 0.400. The van der Waals surface area contributed by atoms with Gasteiger partial charge in [0.15, 0.2) is 0 Å². The van der Waals surface area contributed by atoms with Crippen molar-refractivity contribution >= 4 is 17.3 Å². The fourth-order valence-electron chi connectivity index (χ4n) is 2.17. The van der Waals surface area contributed by atoms with Crippen molar-refractivity contribution in [3.8, 4) is 0 Å². The SMILES string of the molecule is CC(Cl)C1CCN(c2ccncc2)CC1. The predicted molar refractivity (Wildman–Crippen MR) is 64.5 cm³/mol. The lowest BCUT2D eigenvalue weighted by atomic mass is 9.94. The van der Waals surface area contributed by atoms with Crippen LogP contribution in [0.3, 0.4) is 0 Å². The van der Waals surface area contributed by atoms with Crippen LogP contribution in [0.4, 0.5) is 5.69 Å². The van der Waals surface area contributed by atoms with E-state index < -0.39 is 0 Å². The molecule has 1 saturated heterocycles. The van der Waals surface area contributed by atoms with Crippen LogP contribution in [-0.2, 0) is 0 Å². The molecule has 0 aliphatic carbocycles.